The topological polar surface area (TPSA) is 94.6 Å². The van der Waals surface area contributed by atoms with E-state index in [-0.39, 0.29) is 5.82 Å². The van der Waals surface area contributed by atoms with E-state index in [9.17, 15) is 0 Å². The van der Waals surface area contributed by atoms with Crippen molar-refractivity contribution >= 4 is 46.2 Å². The lowest BCUT2D eigenvalue weighted by molar-refractivity contribution is 0.783. The minimum atomic E-state index is 0.205. The molecule has 0 saturated heterocycles. The summed E-state index contributed by atoms with van der Waals surface area (Å²) in [6.45, 7) is 0. The van der Waals surface area contributed by atoms with Crippen molar-refractivity contribution in [2.45, 2.75) is 0 Å². The highest BCUT2D eigenvalue weighted by Crippen LogP contribution is 2.35. The summed E-state index contributed by atoms with van der Waals surface area (Å²) in [5, 5.41) is 12.6. The van der Waals surface area contributed by atoms with E-state index in [1.54, 1.807) is 25.2 Å². The van der Waals surface area contributed by atoms with Crippen molar-refractivity contribution in [1.29, 1.82) is 0 Å². The largest absolute Gasteiger partial charge is 0.382 e. The maximum Gasteiger partial charge on any atom is 0.175 e. The van der Waals surface area contributed by atoms with Gasteiger partial charge in [0.25, 0.3) is 0 Å². The molecular weight excluding hydrogens is 275 g/mol. The number of hydrogen-bond donors (Lipinski definition) is 2. The summed E-state index contributed by atoms with van der Waals surface area (Å²) in [7, 11) is 1.66. The van der Waals surface area contributed by atoms with Crippen LogP contribution in [0, 0.1) is 0 Å². The number of aryl methyl sites for hydroxylation is 1. The monoisotopic (exact) mass is 284 g/mol. The van der Waals surface area contributed by atoms with Crippen LogP contribution in [0.2, 0.25) is 10.0 Å². The maximum atomic E-state index is 5.98. The second-order valence-electron chi connectivity index (χ2n) is 3.52. The summed E-state index contributed by atoms with van der Waals surface area (Å²) < 4.78 is 1.42. The van der Waals surface area contributed by atoms with Crippen LogP contribution in [0.5, 0.6) is 0 Å². The van der Waals surface area contributed by atoms with Gasteiger partial charge in [0.2, 0.25) is 0 Å². The third-order valence-corrected chi connectivity index (χ3v) is 3.09. The molecule has 8 heteroatoms. The normalized spacial score (nSPS) is 11.3. The molecule has 0 bridgehead atoms. The molecule has 4 N–H and O–H groups in total. The Kier molecular flexibility index (Phi) is 3.40. The zero-order valence-corrected chi connectivity index (χ0v) is 10.9. The molecule has 94 valence electrons. The quantitative estimate of drug-likeness (QED) is 0.828. The van der Waals surface area contributed by atoms with Gasteiger partial charge in [0, 0.05) is 7.05 Å². The van der Waals surface area contributed by atoms with Crippen LogP contribution in [0.15, 0.2) is 28.4 Å². The molecule has 2 rings (SSSR count). The molecule has 0 radical (unpaired) electrons. The minimum absolute atomic E-state index is 0.205. The number of benzene rings is 1. The Morgan fingerprint density at radius 3 is 2.56 bits per heavy atom. The first-order valence-corrected chi connectivity index (χ1v) is 5.70. The molecule has 2 aromatic rings. The van der Waals surface area contributed by atoms with Crippen LogP contribution in [0.1, 0.15) is 0 Å². The zero-order chi connectivity index (χ0) is 13.3. The minimum Gasteiger partial charge on any atom is -0.382 e. The molecule has 0 amide bonds. The summed E-state index contributed by atoms with van der Waals surface area (Å²) in [5.41, 5.74) is 12.1. The average molecular weight is 285 g/mol. The van der Waals surface area contributed by atoms with Crippen LogP contribution in [0.25, 0.3) is 0 Å². The number of rotatable bonds is 2. The van der Waals surface area contributed by atoms with E-state index < -0.39 is 0 Å². The number of aromatic nitrogens is 2. The molecule has 1 aromatic carbocycles. The Bertz CT molecular complexity index is 619. The third-order valence-electron chi connectivity index (χ3n) is 2.28. The first-order valence-electron chi connectivity index (χ1n) is 4.94. The van der Waals surface area contributed by atoms with Crippen LogP contribution >= 0.6 is 23.2 Å². The summed E-state index contributed by atoms with van der Waals surface area (Å²) in [4.78, 5) is 0. The van der Waals surface area contributed by atoms with Gasteiger partial charge in [-0.1, -0.05) is 29.3 Å². The molecule has 1 heterocycles. The van der Waals surface area contributed by atoms with Gasteiger partial charge in [-0.25, -0.2) is 4.68 Å². The lowest BCUT2D eigenvalue weighted by atomic mass is 10.3. The Labute approximate surface area is 113 Å². The van der Waals surface area contributed by atoms with E-state index in [0.29, 0.717) is 27.2 Å². The fourth-order valence-corrected chi connectivity index (χ4v) is 1.66. The molecule has 0 fully saturated rings. The molecule has 0 unspecified atom stereocenters. The van der Waals surface area contributed by atoms with Crippen molar-refractivity contribution in [2.24, 2.45) is 17.3 Å². The van der Waals surface area contributed by atoms with E-state index >= 15 is 0 Å². The Hall–Kier alpha value is -1.79. The summed E-state index contributed by atoms with van der Waals surface area (Å²) in [6, 6.07) is 5.06. The van der Waals surface area contributed by atoms with Crippen molar-refractivity contribution in [3.8, 4) is 0 Å². The van der Waals surface area contributed by atoms with Crippen LogP contribution in [-0.4, -0.2) is 9.78 Å². The third kappa shape index (κ3) is 2.25. The first kappa shape index (κ1) is 12.7. The first-order chi connectivity index (χ1) is 8.50. The molecule has 0 atom stereocenters. The maximum absolute atomic E-state index is 5.98. The van der Waals surface area contributed by atoms with Crippen molar-refractivity contribution < 1.29 is 0 Å². The van der Waals surface area contributed by atoms with E-state index in [1.165, 1.54) is 4.68 Å². The number of hydrogen-bond acceptors (Lipinski definition) is 5. The zero-order valence-electron chi connectivity index (χ0n) is 9.43. The highest BCUT2D eigenvalue weighted by molar-refractivity contribution is 6.43. The Morgan fingerprint density at radius 2 is 1.94 bits per heavy atom. The summed E-state index contributed by atoms with van der Waals surface area (Å²) >= 11 is 11.8. The highest BCUT2D eigenvalue weighted by Gasteiger charge is 2.10. The van der Waals surface area contributed by atoms with Crippen molar-refractivity contribution in [3.63, 3.8) is 0 Å². The molecule has 1 aromatic heterocycles. The predicted octanol–water partition coefficient (Wildman–Crippen LogP) is 3.31. The molecule has 0 saturated carbocycles. The molecular formula is C10H10Cl2N6. The van der Waals surface area contributed by atoms with Gasteiger partial charge in [-0.05, 0) is 12.1 Å². The van der Waals surface area contributed by atoms with Crippen LogP contribution in [-0.2, 0) is 7.05 Å². The van der Waals surface area contributed by atoms with Crippen molar-refractivity contribution in [1.82, 2.24) is 9.78 Å². The standard InChI is InChI=1S/C10H10Cl2N6/c1-18-10(14)8(9(13)17-18)16-15-6-4-2-3-5(11)7(6)12/h2-4H,14H2,1H3,(H2,13,17). The van der Waals surface area contributed by atoms with Crippen LogP contribution in [0.3, 0.4) is 0 Å². The average Bonchev–Trinajstić information content (AvgIpc) is 2.56. The van der Waals surface area contributed by atoms with E-state index in [2.05, 4.69) is 15.3 Å². The molecule has 6 nitrogen and oxygen atoms in total. The van der Waals surface area contributed by atoms with Crippen LogP contribution in [0.4, 0.5) is 23.0 Å². The fraction of sp³-hybridized carbons (Fsp3) is 0.100. The SMILES string of the molecule is Cn1nc(N)c(N=Nc2cccc(Cl)c2Cl)c1N. The van der Waals surface area contributed by atoms with Gasteiger partial charge in [-0.2, -0.15) is 5.10 Å². The molecule has 18 heavy (non-hydrogen) atoms. The Morgan fingerprint density at radius 1 is 1.22 bits per heavy atom. The lowest BCUT2D eigenvalue weighted by Crippen LogP contribution is -1.97. The lowest BCUT2D eigenvalue weighted by Gasteiger charge is -1.98. The van der Waals surface area contributed by atoms with E-state index in [0.717, 1.165) is 0 Å². The molecule has 0 aliphatic heterocycles. The van der Waals surface area contributed by atoms with Crippen molar-refractivity contribution in [3.05, 3.63) is 28.2 Å². The van der Waals surface area contributed by atoms with Gasteiger partial charge >= 0.3 is 0 Å². The van der Waals surface area contributed by atoms with E-state index in [4.69, 9.17) is 34.7 Å². The molecule has 0 aliphatic rings. The van der Waals surface area contributed by atoms with E-state index in [1.807, 2.05) is 0 Å². The van der Waals surface area contributed by atoms with Crippen LogP contribution < -0.4 is 11.5 Å². The number of anilines is 2. The number of nitrogens with two attached hydrogens (primary N) is 2. The number of azo groups is 1. The number of halogens is 2. The van der Waals surface area contributed by atoms with Crippen molar-refractivity contribution in [2.75, 3.05) is 11.5 Å². The van der Waals surface area contributed by atoms with Gasteiger partial charge in [0.05, 0.1) is 10.0 Å². The highest BCUT2D eigenvalue weighted by atomic mass is 35.5. The van der Waals surface area contributed by atoms with Gasteiger partial charge in [-0.15, -0.1) is 10.2 Å². The van der Waals surface area contributed by atoms with Gasteiger partial charge in [0.1, 0.15) is 5.69 Å². The summed E-state index contributed by atoms with van der Waals surface area (Å²) in [5.74, 6) is 0.534. The van der Waals surface area contributed by atoms with Gasteiger partial charge in [0.15, 0.2) is 17.3 Å². The molecule has 0 spiro atoms. The number of nitrogens with zero attached hydrogens (tertiary/aromatic N) is 4. The Balaban J connectivity index is 2.39. The second kappa shape index (κ2) is 4.83. The molecule has 0 aliphatic carbocycles. The second-order valence-corrected chi connectivity index (χ2v) is 4.30. The fourth-order valence-electron chi connectivity index (χ4n) is 1.32. The smallest absolute Gasteiger partial charge is 0.175 e. The van der Waals surface area contributed by atoms with Gasteiger partial charge < -0.3 is 11.5 Å². The summed E-state index contributed by atoms with van der Waals surface area (Å²) in [6.07, 6.45) is 0. The number of nitrogen functional groups attached to an aromatic ring is 2. The predicted molar refractivity (Wildman–Crippen MR) is 72.7 cm³/mol. The van der Waals surface area contributed by atoms with Gasteiger partial charge in [-0.3, -0.25) is 0 Å².